The number of nitrogens with zero attached hydrogens (tertiary/aromatic N) is 1. The molecule has 1 N–H and O–H groups in total. The molecule has 6 heteroatoms. The van der Waals surface area contributed by atoms with Gasteiger partial charge in [0.25, 0.3) is 10.0 Å². The first-order valence-corrected chi connectivity index (χ1v) is 9.72. The van der Waals surface area contributed by atoms with Crippen molar-refractivity contribution >= 4 is 15.7 Å². The van der Waals surface area contributed by atoms with E-state index in [2.05, 4.69) is 16.8 Å². The average Bonchev–Trinajstić information content (AvgIpc) is 3.03. The van der Waals surface area contributed by atoms with Gasteiger partial charge in [0.05, 0.1) is 4.90 Å². The van der Waals surface area contributed by atoms with Gasteiger partial charge < -0.3 is 4.52 Å². The molecule has 0 unspecified atom stereocenters. The Balaban J connectivity index is 2.02. The lowest BCUT2D eigenvalue weighted by Crippen LogP contribution is -2.14. The van der Waals surface area contributed by atoms with E-state index in [4.69, 9.17) is 4.52 Å². The SMILES string of the molecule is CCCCc1onc(-c2ccccc2)c1NS(=O)(=O)c1ccccc1. The van der Waals surface area contributed by atoms with Crippen molar-refractivity contribution in [2.45, 2.75) is 31.1 Å². The Morgan fingerprint density at radius 1 is 1.00 bits per heavy atom. The zero-order chi connectivity index (χ0) is 17.7. The third kappa shape index (κ3) is 3.91. The highest BCUT2D eigenvalue weighted by atomic mass is 32.2. The largest absolute Gasteiger partial charge is 0.358 e. The first-order chi connectivity index (χ1) is 12.1. The van der Waals surface area contributed by atoms with Gasteiger partial charge in [0.1, 0.15) is 11.4 Å². The maximum atomic E-state index is 12.7. The smallest absolute Gasteiger partial charge is 0.262 e. The van der Waals surface area contributed by atoms with E-state index in [1.165, 1.54) is 0 Å². The molecule has 5 nitrogen and oxygen atoms in total. The van der Waals surface area contributed by atoms with Crippen LogP contribution >= 0.6 is 0 Å². The van der Waals surface area contributed by atoms with Gasteiger partial charge in [0.15, 0.2) is 5.76 Å². The molecule has 0 radical (unpaired) electrons. The summed E-state index contributed by atoms with van der Waals surface area (Å²) in [5.41, 5.74) is 1.73. The number of benzene rings is 2. The first-order valence-electron chi connectivity index (χ1n) is 8.23. The highest BCUT2D eigenvalue weighted by molar-refractivity contribution is 7.92. The van der Waals surface area contributed by atoms with Gasteiger partial charge in [-0.15, -0.1) is 0 Å². The molecule has 0 aliphatic carbocycles. The summed E-state index contributed by atoms with van der Waals surface area (Å²) in [7, 11) is -3.71. The summed E-state index contributed by atoms with van der Waals surface area (Å²) in [6, 6.07) is 17.7. The van der Waals surface area contributed by atoms with Gasteiger partial charge in [-0.3, -0.25) is 4.72 Å². The Bertz CT molecular complexity index is 920. The van der Waals surface area contributed by atoms with E-state index >= 15 is 0 Å². The quantitative estimate of drug-likeness (QED) is 0.677. The Morgan fingerprint density at radius 3 is 2.28 bits per heavy atom. The van der Waals surface area contributed by atoms with Crippen LogP contribution in [0.1, 0.15) is 25.5 Å². The van der Waals surface area contributed by atoms with Crippen molar-refractivity contribution in [1.82, 2.24) is 5.16 Å². The third-order valence-corrected chi connectivity index (χ3v) is 5.22. The van der Waals surface area contributed by atoms with Crippen LogP contribution in [0.15, 0.2) is 70.1 Å². The van der Waals surface area contributed by atoms with Gasteiger partial charge >= 0.3 is 0 Å². The van der Waals surface area contributed by atoms with Crippen LogP contribution < -0.4 is 4.72 Å². The summed E-state index contributed by atoms with van der Waals surface area (Å²) in [5.74, 6) is 0.556. The van der Waals surface area contributed by atoms with Crippen molar-refractivity contribution < 1.29 is 12.9 Å². The van der Waals surface area contributed by atoms with E-state index in [1.807, 2.05) is 30.3 Å². The van der Waals surface area contributed by atoms with E-state index in [-0.39, 0.29) is 4.90 Å². The number of nitrogens with one attached hydrogen (secondary N) is 1. The minimum atomic E-state index is -3.71. The lowest BCUT2D eigenvalue weighted by atomic mass is 10.1. The lowest BCUT2D eigenvalue weighted by Gasteiger charge is -2.09. The maximum Gasteiger partial charge on any atom is 0.262 e. The highest BCUT2D eigenvalue weighted by Crippen LogP contribution is 2.33. The molecule has 0 aliphatic heterocycles. The number of sulfonamides is 1. The molecule has 1 aromatic heterocycles. The molecule has 0 saturated heterocycles. The fraction of sp³-hybridized carbons (Fsp3) is 0.211. The zero-order valence-electron chi connectivity index (χ0n) is 14.0. The van der Waals surface area contributed by atoms with Crippen molar-refractivity contribution in [3.8, 4) is 11.3 Å². The van der Waals surface area contributed by atoms with Gasteiger partial charge in [-0.2, -0.15) is 0 Å². The first kappa shape index (κ1) is 17.2. The predicted molar refractivity (Wildman–Crippen MR) is 97.8 cm³/mol. The third-order valence-electron chi connectivity index (χ3n) is 3.86. The second-order valence-electron chi connectivity index (χ2n) is 5.72. The molecule has 0 fully saturated rings. The van der Waals surface area contributed by atoms with E-state index in [1.54, 1.807) is 30.3 Å². The lowest BCUT2D eigenvalue weighted by molar-refractivity contribution is 0.383. The van der Waals surface area contributed by atoms with E-state index < -0.39 is 10.0 Å². The standard InChI is InChI=1S/C19H20N2O3S/c1-2-3-14-17-19(18(20-24-17)15-10-6-4-7-11-15)21-25(22,23)16-12-8-5-9-13-16/h4-13,21H,2-3,14H2,1H3. The van der Waals surface area contributed by atoms with Crippen molar-refractivity contribution in [3.05, 3.63) is 66.4 Å². The Hall–Kier alpha value is -2.60. The Labute approximate surface area is 147 Å². The van der Waals surface area contributed by atoms with E-state index in [0.29, 0.717) is 23.6 Å². The monoisotopic (exact) mass is 356 g/mol. The number of unbranched alkanes of at least 4 members (excludes halogenated alkanes) is 1. The van der Waals surface area contributed by atoms with Crippen molar-refractivity contribution in [1.29, 1.82) is 0 Å². The van der Waals surface area contributed by atoms with Crippen LogP contribution in [0.5, 0.6) is 0 Å². The second-order valence-corrected chi connectivity index (χ2v) is 7.40. The Kier molecular flexibility index (Phi) is 5.19. The summed E-state index contributed by atoms with van der Waals surface area (Å²) in [6.07, 6.45) is 2.50. The van der Waals surface area contributed by atoms with Crippen molar-refractivity contribution in [3.63, 3.8) is 0 Å². The topological polar surface area (TPSA) is 72.2 Å². The maximum absolute atomic E-state index is 12.7. The summed E-state index contributed by atoms with van der Waals surface area (Å²) >= 11 is 0. The van der Waals surface area contributed by atoms with Gasteiger partial charge in [0, 0.05) is 12.0 Å². The number of rotatable bonds is 7. The average molecular weight is 356 g/mol. The number of hydrogen-bond donors (Lipinski definition) is 1. The van der Waals surface area contributed by atoms with Crippen LogP contribution in [0.3, 0.4) is 0 Å². The van der Waals surface area contributed by atoms with Gasteiger partial charge in [-0.05, 0) is 18.6 Å². The van der Waals surface area contributed by atoms with E-state index in [9.17, 15) is 8.42 Å². The van der Waals surface area contributed by atoms with Crippen molar-refractivity contribution in [2.24, 2.45) is 0 Å². The molecule has 130 valence electrons. The fourth-order valence-electron chi connectivity index (χ4n) is 2.52. The molecule has 0 aliphatic rings. The second kappa shape index (κ2) is 7.53. The minimum Gasteiger partial charge on any atom is -0.358 e. The molecular weight excluding hydrogens is 336 g/mol. The minimum absolute atomic E-state index is 0.205. The molecule has 0 bridgehead atoms. The van der Waals surface area contributed by atoms with Crippen LogP contribution in [0.4, 0.5) is 5.69 Å². The summed E-state index contributed by atoms with van der Waals surface area (Å²) < 4.78 is 33.6. The zero-order valence-corrected chi connectivity index (χ0v) is 14.8. The molecule has 3 aromatic rings. The molecule has 1 heterocycles. The molecule has 2 aromatic carbocycles. The summed E-state index contributed by atoms with van der Waals surface area (Å²) in [6.45, 7) is 2.07. The van der Waals surface area contributed by atoms with Crippen LogP contribution in [0, 0.1) is 0 Å². The van der Waals surface area contributed by atoms with E-state index in [0.717, 1.165) is 18.4 Å². The fourth-order valence-corrected chi connectivity index (χ4v) is 3.64. The normalized spacial score (nSPS) is 11.4. The molecule has 0 spiro atoms. The van der Waals surface area contributed by atoms with Crippen LogP contribution in [-0.4, -0.2) is 13.6 Å². The molecule has 0 amide bonds. The number of hydrogen-bond acceptors (Lipinski definition) is 4. The number of anilines is 1. The predicted octanol–water partition coefficient (Wildman–Crippen LogP) is 4.49. The van der Waals surface area contributed by atoms with Crippen LogP contribution in [-0.2, 0) is 16.4 Å². The van der Waals surface area contributed by atoms with Gasteiger partial charge in [0.2, 0.25) is 0 Å². The van der Waals surface area contributed by atoms with Crippen LogP contribution in [0.2, 0.25) is 0 Å². The summed E-state index contributed by atoms with van der Waals surface area (Å²) in [5, 5.41) is 4.12. The highest BCUT2D eigenvalue weighted by Gasteiger charge is 2.23. The van der Waals surface area contributed by atoms with Gasteiger partial charge in [-0.1, -0.05) is 67.0 Å². The number of aryl methyl sites for hydroxylation is 1. The molecule has 0 saturated carbocycles. The summed E-state index contributed by atoms with van der Waals surface area (Å²) in [4.78, 5) is 0.205. The number of aromatic nitrogens is 1. The molecule has 3 rings (SSSR count). The van der Waals surface area contributed by atoms with Crippen LogP contribution in [0.25, 0.3) is 11.3 Å². The molecular formula is C19H20N2O3S. The van der Waals surface area contributed by atoms with Crippen molar-refractivity contribution in [2.75, 3.05) is 4.72 Å². The Morgan fingerprint density at radius 2 is 1.64 bits per heavy atom. The van der Waals surface area contributed by atoms with Gasteiger partial charge in [-0.25, -0.2) is 8.42 Å². The molecule has 25 heavy (non-hydrogen) atoms. The molecule has 0 atom stereocenters.